The first-order valence-corrected chi connectivity index (χ1v) is 13.4. The molecule has 3 aliphatic rings. The van der Waals surface area contributed by atoms with Crippen molar-refractivity contribution in [3.63, 3.8) is 0 Å². The van der Waals surface area contributed by atoms with Crippen molar-refractivity contribution in [2.75, 3.05) is 18.4 Å². The van der Waals surface area contributed by atoms with Crippen LogP contribution in [0.4, 0.5) is 5.69 Å². The number of oxazole rings is 1. The molecule has 0 radical (unpaired) electrons. The number of hydrogen-bond donors (Lipinski definition) is 1. The first-order valence-electron chi connectivity index (χ1n) is 13.4. The second-order valence-electron chi connectivity index (χ2n) is 10.5. The van der Waals surface area contributed by atoms with Crippen molar-refractivity contribution in [3.8, 4) is 11.5 Å². The summed E-state index contributed by atoms with van der Waals surface area (Å²) in [6.45, 7) is 2.62. The molecule has 3 atom stereocenters. The quantitative estimate of drug-likeness (QED) is 0.339. The van der Waals surface area contributed by atoms with Crippen molar-refractivity contribution in [3.05, 3.63) is 83.9 Å². The largest absolute Gasteiger partial charge is 0.436 e. The maximum Gasteiger partial charge on any atom is 0.272 e. The van der Waals surface area contributed by atoms with Crippen LogP contribution in [0.3, 0.4) is 0 Å². The fraction of sp³-hybridized carbons (Fsp3) is 0.276. The van der Waals surface area contributed by atoms with Gasteiger partial charge in [-0.1, -0.05) is 30.3 Å². The van der Waals surface area contributed by atoms with Gasteiger partial charge in [-0.2, -0.15) is 4.80 Å². The van der Waals surface area contributed by atoms with Gasteiger partial charge in [0, 0.05) is 49.5 Å². The third kappa shape index (κ3) is 4.61. The molecule has 2 bridgehead atoms. The molecule has 2 aromatic carbocycles. The van der Waals surface area contributed by atoms with Gasteiger partial charge >= 0.3 is 0 Å². The van der Waals surface area contributed by atoms with Gasteiger partial charge in [0.25, 0.3) is 5.91 Å². The van der Waals surface area contributed by atoms with E-state index < -0.39 is 0 Å². The number of carbonyl (C=O) groups excluding carboxylic acids is 2. The number of pyridine rings is 1. The smallest absolute Gasteiger partial charge is 0.272 e. The number of amides is 2. The Hall–Kier alpha value is -4.97. The lowest BCUT2D eigenvalue weighted by molar-refractivity contribution is -0.114. The molecule has 2 amide bonds. The van der Waals surface area contributed by atoms with Crippen LogP contribution in [-0.2, 0) is 11.8 Å². The van der Waals surface area contributed by atoms with Crippen LogP contribution in [0.25, 0.3) is 22.6 Å². The fourth-order valence-electron chi connectivity index (χ4n) is 5.90. The predicted molar refractivity (Wildman–Crippen MR) is 149 cm³/mol. The summed E-state index contributed by atoms with van der Waals surface area (Å²) in [5, 5.41) is 15.7. The van der Waals surface area contributed by atoms with E-state index in [1.165, 1.54) is 11.7 Å². The minimum Gasteiger partial charge on any atom is -0.436 e. The molecule has 3 aromatic heterocycles. The molecule has 12 nitrogen and oxygen atoms in total. The van der Waals surface area contributed by atoms with Crippen LogP contribution in [0.15, 0.2) is 71.3 Å². The molecular weight excluding hydrogens is 522 g/mol. The summed E-state index contributed by atoms with van der Waals surface area (Å²) < 4.78 is 5.94. The Bertz CT molecular complexity index is 1750. The zero-order valence-electron chi connectivity index (χ0n) is 22.5. The highest BCUT2D eigenvalue weighted by atomic mass is 16.3. The molecule has 1 N–H and O–H groups in total. The van der Waals surface area contributed by atoms with Crippen LogP contribution in [0.5, 0.6) is 0 Å². The summed E-state index contributed by atoms with van der Waals surface area (Å²) in [4.78, 5) is 39.7. The van der Waals surface area contributed by atoms with Gasteiger partial charge in [-0.25, -0.2) is 4.98 Å². The van der Waals surface area contributed by atoms with E-state index in [2.05, 4.69) is 47.7 Å². The van der Waals surface area contributed by atoms with Crippen molar-refractivity contribution in [1.82, 2.24) is 40.0 Å². The lowest BCUT2D eigenvalue weighted by atomic mass is 9.83. The molecule has 3 unspecified atom stereocenters. The normalized spacial score (nSPS) is 19.1. The Morgan fingerprint density at radius 1 is 1.05 bits per heavy atom. The van der Waals surface area contributed by atoms with Gasteiger partial charge in [-0.05, 0) is 47.5 Å². The molecule has 3 fully saturated rings. The van der Waals surface area contributed by atoms with Crippen molar-refractivity contribution >= 4 is 28.6 Å². The number of benzene rings is 2. The highest BCUT2D eigenvalue weighted by Gasteiger charge is 2.50. The third-order valence-corrected chi connectivity index (χ3v) is 7.65. The number of nitrogens with one attached hydrogen (secondary N) is 1. The number of fused-ring (bicyclic) bond motifs is 3. The van der Waals surface area contributed by atoms with Crippen LogP contribution in [0, 0.1) is 0 Å². The second-order valence-corrected chi connectivity index (χ2v) is 10.5. The van der Waals surface area contributed by atoms with Crippen molar-refractivity contribution in [1.29, 1.82) is 0 Å². The minimum absolute atomic E-state index is 0.126. The third-order valence-electron chi connectivity index (χ3n) is 7.65. The number of carbonyl (C=O) groups is 2. The van der Waals surface area contributed by atoms with Gasteiger partial charge in [0.05, 0.1) is 7.05 Å². The first kappa shape index (κ1) is 25.0. The number of aryl methyl sites for hydroxylation is 1. The number of hydrogen-bond acceptors (Lipinski definition) is 9. The average molecular weight is 550 g/mol. The molecule has 6 heterocycles. The predicted octanol–water partition coefficient (Wildman–Crippen LogP) is 3.06. The summed E-state index contributed by atoms with van der Waals surface area (Å²) in [5.41, 5.74) is 3.93. The molecule has 5 aromatic rings. The van der Waals surface area contributed by atoms with E-state index in [1.54, 1.807) is 43.6 Å². The van der Waals surface area contributed by atoms with Crippen molar-refractivity contribution in [2.24, 2.45) is 7.05 Å². The highest BCUT2D eigenvalue weighted by Crippen LogP contribution is 2.42. The number of aromatic nitrogens is 6. The molecule has 3 saturated heterocycles. The van der Waals surface area contributed by atoms with E-state index in [-0.39, 0.29) is 29.9 Å². The van der Waals surface area contributed by atoms with Gasteiger partial charge in [-0.3, -0.25) is 19.5 Å². The summed E-state index contributed by atoms with van der Waals surface area (Å²) in [6.07, 6.45) is 2.60. The van der Waals surface area contributed by atoms with Crippen LogP contribution < -0.4 is 5.32 Å². The van der Waals surface area contributed by atoms with Gasteiger partial charge in [0.2, 0.25) is 11.8 Å². The van der Waals surface area contributed by atoms with Gasteiger partial charge in [0.15, 0.2) is 11.4 Å². The van der Waals surface area contributed by atoms with Crippen molar-refractivity contribution < 1.29 is 14.0 Å². The number of rotatable bonds is 6. The lowest BCUT2D eigenvalue weighted by Gasteiger charge is -2.58. The Morgan fingerprint density at radius 2 is 1.85 bits per heavy atom. The Morgan fingerprint density at radius 3 is 2.59 bits per heavy atom. The molecule has 206 valence electrons. The van der Waals surface area contributed by atoms with Gasteiger partial charge in [0.1, 0.15) is 17.3 Å². The monoisotopic (exact) mass is 549 g/mol. The lowest BCUT2D eigenvalue weighted by Crippen LogP contribution is -2.70. The van der Waals surface area contributed by atoms with E-state index in [0.717, 1.165) is 12.0 Å². The zero-order valence-corrected chi connectivity index (χ0v) is 22.5. The Kier molecular flexibility index (Phi) is 6.04. The van der Waals surface area contributed by atoms with Crippen LogP contribution in [-0.4, -0.2) is 77.0 Å². The number of anilines is 1. The summed E-state index contributed by atoms with van der Waals surface area (Å²) >= 11 is 0. The number of tetrazole rings is 1. The highest BCUT2D eigenvalue weighted by molar-refractivity contribution is 5.94. The maximum atomic E-state index is 13.6. The second kappa shape index (κ2) is 9.89. The van der Waals surface area contributed by atoms with Crippen molar-refractivity contribution in [2.45, 2.75) is 31.5 Å². The SMILES string of the molecule is CC(=O)Nc1ccc2oc(-c3ccnc(C(=O)N4CC5CC(C4)N5C(c4ccccc4)c4nnn(C)n4)c3)nc2c1. The molecule has 0 saturated carbocycles. The van der Waals surface area contributed by atoms with Crippen LogP contribution in [0.1, 0.15) is 41.3 Å². The fourth-order valence-corrected chi connectivity index (χ4v) is 5.90. The van der Waals surface area contributed by atoms with Gasteiger partial charge in [-0.15, -0.1) is 10.2 Å². The molecular formula is C29H27N9O3. The number of nitrogens with zero attached hydrogens (tertiary/aromatic N) is 8. The minimum atomic E-state index is -0.162. The number of piperazine rings is 1. The van der Waals surface area contributed by atoms with Crippen LogP contribution >= 0.6 is 0 Å². The summed E-state index contributed by atoms with van der Waals surface area (Å²) in [5.74, 6) is 0.750. The van der Waals surface area contributed by atoms with Crippen LogP contribution in [0.2, 0.25) is 0 Å². The molecule has 12 heteroatoms. The molecule has 0 aliphatic carbocycles. The zero-order chi connectivity index (χ0) is 28.1. The van der Waals surface area contributed by atoms with E-state index in [0.29, 0.717) is 52.8 Å². The maximum absolute atomic E-state index is 13.6. The van der Waals surface area contributed by atoms with E-state index in [9.17, 15) is 9.59 Å². The summed E-state index contributed by atoms with van der Waals surface area (Å²) in [7, 11) is 1.76. The molecule has 41 heavy (non-hydrogen) atoms. The Labute approximate surface area is 235 Å². The molecule has 0 spiro atoms. The standard InChI is InChI=1S/C29H27N9O3/c1-17(39)31-20-8-9-25-23(13-20)32-28(41-25)19-10-11-30-24(12-19)29(40)37-15-21-14-22(16-37)38(21)26(18-6-4-3-5-7-18)27-33-35-36(2)34-27/h3-13,21-22,26H,14-16H2,1-2H3,(H,31,39). The topological polar surface area (TPSA) is 135 Å². The van der Waals surface area contributed by atoms with E-state index >= 15 is 0 Å². The summed E-state index contributed by atoms with van der Waals surface area (Å²) in [6, 6.07) is 19.2. The molecule has 8 rings (SSSR count). The van der Waals surface area contributed by atoms with E-state index in [4.69, 9.17) is 4.42 Å². The average Bonchev–Trinajstić information content (AvgIpc) is 3.61. The first-order chi connectivity index (χ1) is 19.9. The Balaban J connectivity index is 1.10. The van der Waals surface area contributed by atoms with Gasteiger partial charge < -0.3 is 14.6 Å². The number of piperidine rings is 1. The molecule has 3 aliphatic heterocycles. The van der Waals surface area contributed by atoms with E-state index in [1.807, 2.05) is 23.1 Å².